The average molecular weight is 683 g/mol. The minimum absolute atomic E-state index is 0.146. The van der Waals surface area contributed by atoms with Crippen LogP contribution < -0.4 is 19.2 Å². The summed E-state index contributed by atoms with van der Waals surface area (Å²) in [4.78, 5) is 0. The summed E-state index contributed by atoms with van der Waals surface area (Å²) in [6.07, 6.45) is 10.8. The van der Waals surface area contributed by atoms with Gasteiger partial charge in [0.2, 0.25) is 0 Å². The zero-order chi connectivity index (χ0) is 33.9. The van der Waals surface area contributed by atoms with Crippen molar-refractivity contribution in [1.82, 2.24) is 0 Å². The molecule has 0 amide bonds. The van der Waals surface area contributed by atoms with E-state index in [1.54, 1.807) is 125 Å². The van der Waals surface area contributed by atoms with Crippen molar-refractivity contribution in [2.45, 2.75) is 25.9 Å². The highest BCUT2D eigenvalue weighted by Crippen LogP contribution is 2.18. The number of aromatic hydroxyl groups is 2. The Morgan fingerprint density at radius 2 is 1.13 bits per heavy atom. The molecule has 0 bridgehead atoms. The second kappa shape index (κ2) is 16.1. The molecule has 2 heterocycles. The standard InChI is InChI=1S/C32H36N6O7S2/c1-35(29-7-11-31(39)12-8-29)33-24-27-15-20-37(21-16-27)18-4-22-46(41,42)45-47(43,44)23-5-19-38-17-3-6-28(26-38)25-34-36(2)30-9-13-32(40)14-10-30/h3,6-17,20-21,24-26H,4-5,18-19,22-23H2,1-2H3/p+2. The predicted octanol–water partition coefficient (Wildman–Crippen LogP) is 2.77. The van der Waals surface area contributed by atoms with Crippen LogP contribution in [0.2, 0.25) is 0 Å². The van der Waals surface area contributed by atoms with Gasteiger partial charge in [-0.1, -0.05) is 0 Å². The summed E-state index contributed by atoms with van der Waals surface area (Å²) in [5.41, 5.74) is 3.19. The van der Waals surface area contributed by atoms with Crippen LogP contribution in [-0.2, 0) is 37.0 Å². The van der Waals surface area contributed by atoms with E-state index in [9.17, 15) is 27.0 Å². The van der Waals surface area contributed by atoms with Crippen LogP contribution in [-0.4, -0.2) is 65.1 Å². The van der Waals surface area contributed by atoms with Gasteiger partial charge < -0.3 is 10.2 Å². The maximum absolute atomic E-state index is 12.4. The molecule has 15 heteroatoms. The molecule has 13 nitrogen and oxygen atoms in total. The third kappa shape index (κ3) is 11.8. The van der Waals surface area contributed by atoms with E-state index in [4.69, 9.17) is 0 Å². The first kappa shape index (κ1) is 35.0. The number of pyridine rings is 2. The van der Waals surface area contributed by atoms with Crippen LogP contribution in [0.3, 0.4) is 0 Å². The fourth-order valence-electron chi connectivity index (χ4n) is 4.31. The zero-order valence-corrected chi connectivity index (χ0v) is 27.7. The van der Waals surface area contributed by atoms with E-state index >= 15 is 0 Å². The first-order chi connectivity index (χ1) is 22.4. The molecular weight excluding hydrogens is 645 g/mol. The lowest BCUT2D eigenvalue weighted by Crippen LogP contribution is -2.35. The first-order valence-corrected chi connectivity index (χ1v) is 17.8. The van der Waals surface area contributed by atoms with Crippen molar-refractivity contribution < 1.29 is 39.8 Å². The largest absolute Gasteiger partial charge is 0.508 e. The van der Waals surface area contributed by atoms with E-state index in [-0.39, 0.29) is 24.3 Å². The number of hydrogen-bond acceptors (Lipinski definition) is 11. The molecule has 2 aromatic heterocycles. The molecule has 0 saturated carbocycles. The maximum Gasteiger partial charge on any atom is 0.282 e. The molecule has 0 saturated heterocycles. The average Bonchev–Trinajstić information content (AvgIpc) is 3.03. The number of phenolic OH excluding ortho intramolecular Hbond substituents is 2. The molecule has 0 spiro atoms. The fourth-order valence-corrected chi connectivity index (χ4v) is 7.09. The summed E-state index contributed by atoms with van der Waals surface area (Å²) in [5, 5.41) is 30.9. The molecule has 0 aliphatic heterocycles. The number of anilines is 2. The maximum atomic E-state index is 12.4. The summed E-state index contributed by atoms with van der Waals surface area (Å²) >= 11 is 0. The molecule has 47 heavy (non-hydrogen) atoms. The van der Waals surface area contributed by atoms with E-state index in [0.29, 0.717) is 13.1 Å². The lowest BCUT2D eigenvalue weighted by molar-refractivity contribution is -0.697. The van der Waals surface area contributed by atoms with Gasteiger partial charge in [-0.2, -0.15) is 27.0 Å². The topological polar surface area (TPSA) is 157 Å². The number of aryl methyl sites for hydroxylation is 2. The molecule has 0 aliphatic rings. The molecule has 0 atom stereocenters. The van der Waals surface area contributed by atoms with Crippen LogP contribution in [0.1, 0.15) is 24.0 Å². The molecule has 2 aromatic carbocycles. The lowest BCUT2D eigenvalue weighted by Gasteiger charge is -2.12. The van der Waals surface area contributed by atoms with Crippen LogP contribution >= 0.6 is 0 Å². The molecule has 0 unspecified atom stereocenters. The second-order valence-corrected chi connectivity index (χ2v) is 14.2. The highest BCUT2D eigenvalue weighted by Gasteiger charge is 2.23. The summed E-state index contributed by atoms with van der Waals surface area (Å²) in [6, 6.07) is 20.5. The SMILES string of the molecule is CN(N=Cc1cc[n+](CCCS(=O)(=O)OS(=O)(=O)CCC[n+]2cccc(C=NN(C)c3ccc(O)cc3)c2)cc1)c1ccc(O)cc1. The van der Waals surface area contributed by atoms with Gasteiger partial charge in [-0.15, -0.1) is 3.63 Å². The zero-order valence-electron chi connectivity index (χ0n) is 26.1. The molecule has 0 fully saturated rings. The molecule has 4 aromatic rings. The van der Waals surface area contributed by atoms with Crippen molar-refractivity contribution in [3.8, 4) is 11.5 Å². The van der Waals surface area contributed by atoms with Gasteiger partial charge in [-0.25, -0.2) is 9.13 Å². The van der Waals surface area contributed by atoms with E-state index < -0.39 is 31.7 Å². The van der Waals surface area contributed by atoms with E-state index in [1.807, 2.05) is 18.2 Å². The van der Waals surface area contributed by atoms with Gasteiger partial charge >= 0.3 is 0 Å². The van der Waals surface area contributed by atoms with E-state index in [2.05, 4.69) is 13.8 Å². The van der Waals surface area contributed by atoms with Crippen LogP contribution in [0.15, 0.2) is 108 Å². The van der Waals surface area contributed by atoms with Gasteiger partial charge in [0.15, 0.2) is 24.8 Å². The van der Waals surface area contributed by atoms with E-state index in [1.165, 1.54) is 0 Å². The number of nitrogens with zero attached hydrogens (tertiary/aromatic N) is 6. The van der Waals surface area contributed by atoms with Gasteiger partial charge in [0.1, 0.15) is 24.6 Å². The van der Waals surface area contributed by atoms with Crippen molar-refractivity contribution in [3.63, 3.8) is 0 Å². The number of hydrazone groups is 2. The number of phenols is 2. The highest BCUT2D eigenvalue weighted by molar-refractivity contribution is 7.99. The van der Waals surface area contributed by atoms with Crippen molar-refractivity contribution in [3.05, 3.63) is 109 Å². The van der Waals surface area contributed by atoms with Crippen LogP contribution in [0.5, 0.6) is 11.5 Å². The summed E-state index contributed by atoms with van der Waals surface area (Å²) in [6.45, 7) is 0.664. The lowest BCUT2D eigenvalue weighted by atomic mass is 10.3. The third-order valence-electron chi connectivity index (χ3n) is 6.83. The quantitative estimate of drug-likeness (QED) is 0.103. The normalized spacial score (nSPS) is 12.1. The Labute approximate surface area is 275 Å². The Bertz CT molecular complexity index is 1880. The first-order valence-electron chi connectivity index (χ1n) is 14.7. The Morgan fingerprint density at radius 3 is 1.64 bits per heavy atom. The Balaban J connectivity index is 1.19. The van der Waals surface area contributed by atoms with Crippen molar-refractivity contribution in [2.75, 3.05) is 35.6 Å². The number of benzene rings is 2. The Hall–Kier alpha value is -4.86. The number of hydrogen-bond donors (Lipinski definition) is 2. The van der Waals surface area contributed by atoms with Gasteiger partial charge in [-0.05, 0) is 54.6 Å². The third-order valence-corrected chi connectivity index (χ3v) is 10.1. The minimum Gasteiger partial charge on any atom is -0.508 e. The minimum atomic E-state index is -4.30. The van der Waals surface area contributed by atoms with Gasteiger partial charge in [0, 0.05) is 50.7 Å². The van der Waals surface area contributed by atoms with Crippen LogP contribution in [0.25, 0.3) is 0 Å². The highest BCUT2D eigenvalue weighted by atomic mass is 32.3. The van der Waals surface area contributed by atoms with E-state index in [0.717, 1.165) is 22.5 Å². The molecule has 0 radical (unpaired) electrons. The summed E-state index contributed by atoms with van der Waals surface area (Å²) < 4.78 is 57.9. The molecular formula is C32H38N6O7S2+2. The van der Waals surface area contributed by atoms with Crippen molar-refractivity contribution in [1.29, 1.82) is 0 Å². The Morgan fingerprint density at radius 1 is 0.660 bits per heavy atom. The number of aromatic nitrogens is 2. The van der Waals surface area contributed by atoms with Crippen molar-refractivity contribution >= 4 is 44.0 Å². The summed E-state index contributed by atoms with van der Waals surface area (Å²) in [5.74, 6) is -0.569. The molecule has 4 rings (SSSR count). The Kier molecular flexibility index (Phi) is 12.0. The monoisotopic (exact) mass is 682 g/mol. The molecule has 2 N–H and O–H groups in total. The fraction of sp³-hybridized carbons (Fsp3) is 0.250. The van der Waals surface area contributed by atoms with Gasteiger partial charge in [0.05, 0.1) is 40.9 Å². The number of rotatable bonds is 16. The van der Waals surface area contributed by atoms with Gasteiger partial charge in [-0.3, -0.25) is 10.0 Å². The summed E-state index contributed by atoms with van der Waals surface area (Å²) in [7, 11) is -5.04. The van der Waals surface area contributed by atoms with Gasteiger partial charge in [0.25, 0.3) is 20.2 Å². The smallest absolute Gasteiger partial charge is 0.282 e. The molecule has 0 aliphatic carbocycles. The van der Waals surface area contributed by atoms with Crippen LogP contribution in [0, 0.1) is 0 Å². The molecule has 248 valence electrons. The van der Waals surface area contributed by atoms with Crippen molar-refractivity contribution in [2.24, 2.45) is 10.2 Å². The predicted molar refractivity (Wildman–Crippen MR) is 179 cm³/mol. The van der Waals surface area contributed by atoms with Crippen LogP contribution in [0.4, 0.5) is 11.4 Å². The second-order valence-electron chi connectivity index (χ2n) is 10.6.